The largest absolute Gasteiger partial charge is 0.376 e. The molecular weight excluding hydrogens is 288 g/mol. The number of benzene rings is 1. The number of fused-ring (bicyclic) bond motifs is 1. The van der Waals surface area contributed by atoms with Crippen molar-refractivity contribution >= 4 is 28.4 Å². The van der Waals surface area contributed by atoms with Gasteiger partial charge in [-0.3, -0.25) is 4.79 Å². The molecular formula is C16H17ClN2O2. The van der Waals surface area contributed by atoms with E-state index >= 15 is 0 Å². The van der Waals surface area contributed by atoms with Gasteiger partial charge in [0, 0.05) is 19.0 Å². The molecule has 1 aliphatic heterocycles. The highest BCUT2D eigenvalue weighted by atomic mass is 35.5. The average Bonchev–Trinajstić information content (AvgIpc) is 2.92. The van der Waals surface area contributed by atoms with Crippen LogP contribution in [0.25, 0.3) is 10.9 Å². The van der Waals surface area contributed by atoms with E-state index in [1.54, 1.807) is 18.0 Å². The molecule has 0 N–H and O–H groups in total. The Morgan fingerprint density at radius 3 is 2.90 bits per heavy atom. The summed E-state index contributed by atoms with van der Waals surface area (Å²) in [5, 5.41) is 1.41. The first kappa shape index (κ1) is 14.3. The third-order valence-corrected chi connectivity index (χ3v) is 4.35. The van der Waals surface area contributed by atoms with Crippen LogP contribution < -0.4 is 0 Å². The van der Waals surface area contributed by atoms with Crippen LogP contribution in [-0.4, -0.2) is 41.6 Å². The number of aromatic nitrogens is 1. The molecule has 2 heterocycles. The second kappa shape index (κ2) is 5.62. The van der Waals surface area contributed by atoms with E-state index in [9.17, 15) is 4.79 Å². The minimum atomic E-state index is -0.120. The second-order valence-corrected chi connectivity index (χ2v) is 5.76. The van der Waals surface area contributed by atoms with Crippen LogP contribution in [0, 0.1) is 0 Å². The predicted octanol–water partition coefficient (Wildman–Crippen LogP) is 3.14. The molecule has 110 valence electrons. The van der Waals surface area contributed by atoms with Gasteiger partial charge in [0.15, 0.2) is 0 Å². The summed E-state index contributed by atoms with van der Waals surface area (Å²) >= 11 is 6.26. The zero-order valence-electron chi connectivity index (χ0n) is 12.0. The number of para-hydroxylation sites is 1. The summed E-state index contributed by atoms with van der Waals surface area (Å²) < 4.78 is 5.53. The number of hydrogen-bond acceptors (Lipinski definition) is 3. The highest BCUT2D eigenvalue weighted by molar-refractivity contribution is 6.35. The predicted molar refractivity (Wildman–Crippen MR) is 82.7 cm³/mol. The molecule has 21 heavy (non-hydrogen) atoms. The van der Waals surface area contributed by atoms with Crippen molar-refractivity contribution in [1.82, 2.24) is 9.88 Å². The monoisotopic (exact) mass is 304 g/mol. The Morgan fingerprint density at radius 1 is 1.43 bits per heavy atom. The van der Waals surface area contributed by atoms with E-state index in [0.29, 0.717) is 17.3 Å². The maximum Gasteiger partial charge on any atom is 0.272 e. The number of likely N-dealkylation sites (N-methyl/N-ethyl adjacent to an activating group) is 1. The fourth-order valence-corrected chi connectivity index (χ4v) is 3.07. The minimum Gasteiger partial charge on any atom is -0.376 e. The standard InChI is InChI=1S/C16H17ClN2O2/c1-10-15(7-8-21-10)19(2)16(20)14-9-12(17)11-5-3-4-6-13(11)18-14/h3-6,9-10,15H,7-8H2,1-2H3. The van der Waals surface area contributed by atoms with Gasteiger partial charge in [-0.2, -0.15) is 0 Å². The van der Waals surface area contributed by atoms with Crippen molar-refractivity contribution in [3.05, 3.63) is 41.0 Å². The molecule has 0 radical (unpaired) electrons. The molecule has 1 aliphatic rings. The zero-order valence-corrected chi connectivity index (χ0v) is 12.8. The average molecular weight is 305 g/mol. The van der Waals surface area contributed by atoms with Gasteiger partial charge >= 0.3 is 0 Å². The number of pyridine rings is 1. The maximum atomic E-state index is 12.6. The van der Waals surface area contributed by atoms with Crippen molar-refractivity contribution in [2.24, 2.45) is 0 Å². The van der Waals surface area contributed by atoms with Gasteiger partial charge in [-0.1, -0.05) is 29.8 Å². The number of carbonyl (C=O) groups is 1. The van der Waals surface area contributed by atoms with Crippen LogP contribution in [0.1, 0.15) is 23.8 Å². The summed E-state index contributed by atoms with van der Waals surface area (Å²) in [6.07, 6.45) is 0.903. The smallest absolute Gasteiger partial charge is 0.272 e. The van der Waals surface area contributed by atoms with E-state index in [-0.39, 0.29) is 18.1 Å². The van der Waals surface area contributed by atoms with Gasteiger partial charge in [-0.15, -0.1) is 0 Å². The minimum absolute atomic E-state index is 0.0508. The Hall–Kier alpha value is -1.65. The van der Waals surface area contributed by atoms with Gasteiger partial charge in [-0.25, -0.2) is 4.98 Å². The van der Waals surface area contributed by atoms with Crippen molar-refractivity contribution in [2.75, 3.05) is 13.7 Å². The first-order valence-electron chi connectivity index (χ1n) is 7.02. The van der Waals surface area contributed by atoms with Gasteiger partial charge in [0.05, 0.1) is 22.7 Å². The summed E-state index contributed by atoms with van der Waals surface area (Å²) in [6, 6.07) is 9.28. The molecule has 1 aromatic heterocycles. The number of hydrogen-bond donors (Lipinski definition) is 0. The van der Waals surface area contributed by atoms with Crippen LogP contribution in [0.2, 0.25) is 5.02 Å². The van der Waals surface area contributed by atoms with Crippen molar-refractivity contribution in [2.45, 2.75) is 25.5 Å². The molecule has 0 aliphatic carbocycles. The molecule has 1 aromatic carbocycles. The van der Waals surface area contributed by atoms with Gasteiger partial charge in [0.25, 0.3) is 5.91 Å². The van der Waals surface area contributed by atoms with Gasteiger partial charge in [0.2, 0.25) is 0 Å². The van der Waals surface area contributed by atoms with E-state index in [4.69, 9.17) is 16.3 Å². The van der Waals surface area contributed by atoms with E-state index < -0.39 is 0 Å². The highest BCUT2D eigenvalue weighted by Gasteiger charge is 2.31. The second-order valence-electron chi connectivity index (χ2n) is 5.35. The van der Waals surface area contributed by atoms with Crippen LogP contribution in [0.5, 0.6) is 0 Å². The SMILES string of the molecule is CC1OCCC1N(C)C(=O)c1cc(Cl)c2ccccc2n1. The molecule has 1 saturated heterocycles. The third-order valence-electron chi connectivity index (χ3n) is 4.04. The zero-order chi connectivity index (χ0) is 15.0. The van der Waals surface area contributed by atoms with Crippen molar-refractivity contribution in [1.29, 1.82) is 0 Å². The Morgan fingerprint density at radius 2 is 2.19 bits per heavy atom. The van der Waals surface area contributed by atoms with Crippen LogP contribution in [0.3, 0.4) is 0 Å². The fraction of sp³-hybridized carbons (Fsp3) is 0.375. The molecule has 0 saturated carbocycles. The number of amides is 1. The Balaban J connectivity index is 1.94. The Bertz CT molecular complexity index is 689. The summed E-state index contributed by atoms with van der Waals surface area (Å²) in [4.78, 5) is 18.8. The van der Waals surface area contributed by atoms with Crippen molar-refractivity contribution in [3.63, 3.8) is 0 Å². The van der Waals surface area contributed by atoms with E-state index in [1.807, 2.05) is 31.2 Å². The summed E-state index contributed by atoms with van der Waals surface area (Å²) in [6.45, 7) is 2.68. The third kappa shape index (κ3) is 2.61. The summed E-state index contributed by atoms with van der Waals surface area (Å²) in [5.74, 6) is -0.120. The Kier molecular flexibility index (Phi) is 3.83. The highest BCUT2D eigenvalue weighted by Crippen LogP contribution is 2.25. The van der Waals surface area contributed by atoms with Gasteiger partial charge in [-0.05, 0) is 25.5 Å². The van der Waals surface area contributed by atoms with E-state index in [2.05, 4.69) is 4.98 Å². The number of nitrogens with zero attached hydrogens (tertiary/aromatic N) is 2. The quantitative estimate of drug-likeness (QED) is 0.856. The van der Waals surface area contributed by atoms with Crippen LogP contribution in [-0.2, 0) is 4.74 Å². The molecule has 4 nitrogen and oxygen atoms in total. The van der Waals surface area contributed by atoms with Gasteiger partial charge < -0.3 is 9.64 Å². The molecule has 5 heteroatoms. The van der Waals surface area contributed by atoms with Crippen LogP contribution in [0.4, 0.5) is 0 Å². The lowest BCUT2D eigenvalue weighted by Crippen LogP contribution is -2.41. The maximum absolute atomic E-state index is 12.6. The molecule has 2 atom stereocenters. The number of halogens is 1. The fourth-order valence-electron chi connectivity index (χ4n) is 2.80. The summed E-state index contributed by atoms with van der Waals surface area (Å²) in [7, 11) is 1.79. The molecule has 0 spiro atoms. The normalized spacial score (nSPS) is 21.7. The number of rotatable bonds is 2. The molecule has 2 unspecified atom stereocenters. The summed E-state index contributed by atoms with van der Waals surface area (Å²) in [5.41, 5.74) is 1.11. The Labute approximate surface area is 128 Å². The van der Waals surface area contributed by atoms with Crippen LogP contribution in [0.15, 0.2) is 30.3 Å². The topological polar surface area (TPSA) is 42.4 Å². The van der Waals surface area contributed by atoms with E-state index in [1.165, 1.54) is 0 Å². The van der Waals surface area contributed by atoms with Crippen molar-refractivity contribution < 1.29 is 9.53 Å². The molecule has 3 rings (SSSR count). The van der Waals surface area contributed by atoms with Crippen molar-refractivity contribution in [3.8, 4) is 0 Å². The molecule has 1 amide bonds. The lowest BCUT2D eigenvalue weighted by Gasteiger charge is -2.26. The lowest BCUT2D eigenvalue weighted by molar-refractivity contribution is 0.0570. The van der Waals surface area contributed by atoms with E-state index in [0.717, 1.165) is 17.3 Å². The molecule has 1 fully saturated rings. The number of carbonyl (C=O) groups excluding carboxylic acids is 1. The van der Waals surface area contributed by atoms with Crippen LogP contribution >= 0.6 is 11.6 Å². The molecule has 2 aromatic rings. The lowest BCUT2D eigenvalue weighted by atomic mass is 10.1. The van der Waals surface area contributed by atoms with Gasteiger partial charge in [0.1, 0.15) is 5.69 Å². The first-order chi connectivity index (χ1) is 10.1. The molecule has 0 bridgehead atoms. The first-order valence-corrected chi connectivity index (χ1v) is 7.40. The number of ether oxygens (including phenoxy) is 1.